The zero-order valence-electron chi connectivity index (χ0n) is 11.6. The van der Waals surface area contributed by atoms with Gasteiger partial charge in [0.15, 0.2) is 0 Å². The van der Waals surface area contributed by atoms with Gasteiger partial charge in [0.25, 0.3) is 0 Å². The molecule has 2 aliphatic rings. The molecule has 2 atom stereocenters. The molecule has 0 aromatic heterocycles. The van der Waals surface area contributed by atoms with Crippen LogP contribution in [0.25, 0.3) is 0 Å². The first kappa shape index (κ1) is 12.7. The number of benzene rings is 1. The van der Waals surface area contributed by atoms with Gasteiger partial charge in [-0.1, -0.05) is 24.6 Å². The number of aryl methyl sites for hydroxylation is 1. The highest BCUT2D eigenvalue weighted by Gasteiger charge is 2.32. The fourth-order valence-corrected chi connectivity index (χ4v) is 3.25. The van der Waals surface area contributed by atoms with Crippen LogP contribution in [0.2, 0.25) is 0 Å². The zero-order chi connectivity index (χ0) is 13.2. The van der Waals surface area contributed by atoms with Gasteiger partial charge in [-0.25, -0.2) is 0 Å². The Bertz CT molecular complexity index is 466. The van der Waals surface area contributed by atoms with Gasteiger partial charge in [-0.15, -0.1) is 0 Å². The number of anilines is 1. The second-order valence-corrected chi connectivity index (χ2v) is 5.73. The average Bonchev–Trinajstić information content (AvgIpc) is 2.47. The zero-order valence-corrected chi connectivity index (χ0v) is 11.6. The number of amides is 1. The Labute approximate surface area is 115 Å². The van der Waals surface area contributed by atoms with Crippen LogP contribution in [0.3, 0.4) is 0 Å². The number of nitrogens with one attached hydrogen (secondary N) is 1. The van der Waals surface area contributed by atoms with Crippen LogP contribution in [0.5, 0.6) is 0 Å². The van der Waals surface area contributed by atoms with Crippen molar-refractivity contribution in [3.63, 3.8) is 0 Å². The number of fused-ring (bicyclic) bond motifs is 1. The van der Waals surface area contributed by atoms with E-state index in [1.54, 1.807) is 0 Å². The summed E-state index contributed by atoms with van der Waals surface area (Å²) in [5.74, 6) is 0.263. The molecule has 1 aromatic rings. The van der Waals surface area contributed by atoms with Gasteiger partial charge in [0.1, 0.15) is 0 Å². The van der Waals surface area contributed by atoms with Crippen LogP contribution in [0.1, 0.15) is 38.2 Å². The van der Waals surface area contributed by atoms with Gasteiger partial charge >= 0.3 is 0 Å². The van der Waals surface area contributed by atoms with Crippen molar-refractivity contribution in [1.82, 2.24) is 5.32 Å². The van der Waals surface area contributed by atoms with Crippen LogP contribution in [0, 0.1) is 0 Å². The topological polar surface area (TPSA) is 32.3 Å². The molecule has 3 nitrogen and oxygen atoms in total. The van der Waals surface area contributed by atoms with Crippen molar-refractivity contribution in [3.8, 4) is 0 Å². The fourth-order valence-electron chi connectivity index (χ4n) is 3.25. The minimum atomic E-state index is 0.0161. The Hall–Kier alpha value is -1.35. The van der Waals surface area contributed by atoms with E-state index in [0.717, 1.165) is 37.9 Å². The molecule has 2 aliphatic heterocycles. The van der Waals surface area contributed by atoms with Crippen molar-refractivity contribution in [2.75, 3.05) is 11.4 Å². The van der Waals surface area contributed by atoms with E-state index in [1.807, 2.05) is 11.0 Å². The number of carbonyl (C=O) groups is 1. The maximum absolute atomic E-state index is 12.8. The van der Waals surface area contributed by atoms with Gasteiger partial charge in [-0.2, -0.15) is 0 Å². The lowest BCUT2D eigenvalue weighted by Gasteiger charge is -2.38. The third-order valence-electron chi connectivity index (χ3n) is 4.37. The first-order valence-corrected chi connectivity index (χ1v) is 7.42. The Morgan fingerprint density at radius 3 is 2.89 bits per heavy atom. The molecular weight excluding hydrogens is 236 g/mol. The second kappa shape index (κ2) is 5.33. The number of hydrogen-bond acceptors (Lipinski definition) is 2. The third-order valence-corrected chi connectivity index (χ3v) is 4.37. The molecule has 1 N–H and O–H groups in total. The summed E-state index contributed by atoms with van der Waals surface area (Å²) in [7, 11) is 0. The maximum Gasteiger partial charge on any atom is 0.244 e. The summed E-state index contributed by atoms with van der Waals surface area (Å²) in [4.78, 5) is 14.8. The highest BCUT2D eigenvalue weighted by molar-refractivity contribution is 5.98. The summed E-state index contributed by atoms with van der Waals surface area (Å²) in [6.07, 6.45) is 5.47. The lowest BCUT2D eigenvalue weighted by atomic mass is 9.94. The van der Waals surface area contributed by atoms with E-state index in [1.165, 1.54) is 12.0 Å². The summed E-state index contributed by atoms with van der Waals surface area (Å²) in [6.45, 7) is 3.14. The molecule has 0 radical (unpaired) electrons. The number of nitrogens with zero attached hydrogens (tertiary/aromatic N) is 1. The smallest absolute Gasteiger partial charge is 0.244 e. The molecule has 1 saturated heterocycles. The summed E-state index contributed by atoms with van der Waals surface area (Å²) in [6, 6.07) is 8.66. The van der Waals surface area contributed by atoms with Crippen molar-refractivity contribution in [2.24, 2.45) is 0 Å². The van der Waals surface area contributed by atoms with Crippen molar-refractivity contribution < 1.29 is 4.79 Å². The molecule has 19 heavy (non-hydrogen) atoms. The second-order valence-electron chi connectivity index (χ2n) is 5.73. The molecule has 1 amide bonds. The SMILES string of the molecule is CC1CCc2ccccc2N1C(=O)[C@@H]1CCCCN1. The monoisotopic (exact) mass is 258 g/mol. The molecule has 1 unspecified atom stereocenters. The first-order valence-electron chi connectivity index (χ1n) is 7.42. The van der Waals surface area contributed by atoms with Crippen molar-refractivity contribution >= 4 is 11.6 Å². The van der Waals surface area contributed by atoms with E-state index in [-0.39, 0.29) is 11.9 Å². The molecule has 102 valence electrons. The van der Waals surface area contributed by atoms with E-state index in [9.17, 15) is 4.79 Å². The van der Waals surface area contributed by atoms with Crippen LogP contribution in [-0.4, -0.2) is 24.5 Å². The minimum absolute atomic E-state index is 0.0161. The lowest BCUT2D eigenvalue weighted by Crippen LogP contribution is -2.52. The summed E-state index contributed by atoms with van der Waals surface area (Å²) < 4.78 is 0. The number of piperidine rings is 1. The molecule has 0 saturated carbocycles. The lowest BCUT2D eigenvalue weighted by molar-refractivity contribution is -0.121. The Morgan fingerprint density at radius 2 is 2.11 bits per heavy atom. The number of rotatable bonds is 1. The number of hydrogen-bond donors (Lipinski definition) is 1. The first-order chi connectivity index (χ1) is 9.27. The van der Waals surface area contributed by atoms with Crippen LogP contribution < -0.4 is 10.2 Å². The maximum atomic E-state index is 12.8. The normalized spacial score (nSPS) is 26.9. The Balaban J connectivity index is 1.88. The highest BCUT2D eigenvalue weighted by atomic mass is 16.2. The summed E-state index contributed by atoms with van der Waals surface area (Å²) in [5.41, 5.74) is 2.43. The molecule has 1 fully saturated rings. The molecule has 0 bridgehead atoms. The predicted molar refractivity (Wildman–Crippen MR) is 77.4 cm³/mol. The van der Waals surface area contributed by atoms with Gasteiger partial charge in [0.05, 0.1) is 6.04 Å². The van der Waals surface area contributed by atoms with Crippen LogP contribution in [-0.2, 0) is 11.2 Å². The molecule has 3 rings (SSSR count). The number of carbonyl (C=O) groups excluding carboxylic acids is 1. The summed E-state index contributed by atoms with van der Waals surface area (Å²) in [5, 5.41) is 3.38. The average molecular weight is 258 g/mol. The quantitative estimate of drug-likeness (QED) is 0.839. The largest absolute Gasteiger partial charge is 0.308 e. The Morgan fingerprint density at radius 1 is 1.26 bits per heavy atom. The Kier molecular flexibility index (Phi) is 3.56. The van der Waals surface area contributed by atoms with Crippen LogP contribution in [0.15, 0.2) is 24.3 Å². The van der Waals surface area contributed by atoms with Crippen LogP contribution >= 0.6 is 0 Å². The van der Waals surface area contributed by atoms with Gasteiger partial charge < -0.3 is 10.2 Å². The van der Waals surface area contributed by atoms with Crippen molar-refractivity contribution in [1.29, 1.82) is 0 Å². The van der Waals surface area contributed by atoms with Gasteiger partial charge in [-0.3, -0.25) is 4.79 Å². The minimum Gasteiger partial charge on any atom is -0.308 e. The van der Waals surface area contributed by atoms with E-state index >= 15 is 0 Å². The molecule has 2 heterocycles. The van der Waals surface area contributed by atoms with Gasteiger partial charge in [0.2, 0.25) is 5.91 Å². The summed E-state index contributed by atoms with van der Waals surface area (Å²) >= 11 is 0. The molecule has 0 aliphatic carbocycles. The van der Waals surface area contributed by atoms with Crippen molar-refractivity contribution in [2.45, 2.75) is 51.1 Å². The van der Waals surface area contributed by atoms with E-state index in [0.29, 0.717) is 6.04 Å². The highest BCUT2D eigenvalue weighted by Crippen LogP contribution is 2.31. The predicted octanol–water partition coefficient (Wildman–Crippen LogP) is 2.50. The molecule has 1 aromatic carbocycles. The van der Waals surface area contributed by atoms with E-state index < -0.39 is 0 Å². The molecular formula is C16H22N2O. The standard InChI is InChI=1S/C16H22N2O/c1-12-9-10-13-6-2-3-8-15(13)18(12)16(19)14-7-4-5-11-17-14/h2-3,6,8,12,14,17H,4-5,7,9-11H2,1H3/t12?,14-/m0/s1. The number of para-hydroxylation sites is 1. The van der Waals surface area contributed by atoms with Gasteiger partial charge in [-0.05, 0) is 50.8 Å². The fraction of sp³-hybridized carbons (Fsp3) is 0.562. The molecule has 0 spiro atoms. The van der Waals surface area contributed by atoms with Gasteiger partial charge in [0, 0.05) is 11.7 Å². The molecule has 3 heteroatoms. The van der Waals surface area contributed by atoms with E-state index in [2.05, 4.69) is 30.4 Å². The van der Waals surface area contributed by atoms with E-state index in [4.69, 9.17) is 0 Å². The van der Waals surface area contributed by atoms with Crippen molar-refractivity contribution in [3.05, 3.63) is 29.8 Å². The van der Waals surface area contributed by atoms with Crippen LogP contribution in [0.4, 0.5) is 5.69 Å². The third kappa shape index (κ3) is 2.39.